The van der Waals surface area contributed by atoms with Gasteiger partial charge in [-0.25, -0.2) is 0 Å². The van der Waals surface area contributed by atoms with Crippen LogP contribution in [0, 0.1) is 6.92 Å². The summed E-state index contributed by atoms with van der Waals surface area (Å²) in [6.45, 7) is 5.59. The van der Waals surface area contributed by atoms with E-state index in [9.17, 15) is 0 Å². The number of para-hydroxylation sites is 2. The zero-order valence-electron chi connectivity index (χ0n) is 15.1. The SMILES string of the molecule is CNc1ccccc1N(C)C1CCN(Cc2cccc(C)c2)CC1. The highest BCUT2D eigenvalue weighted by atomic mass is 15.2. The Kier molecular flexibility index (Phi) is 5.41. The highest BCUT2D eigenvalue weighted by Gasteiger charge is 2.23. The number of hydrogen-bond acceptors (Lipinski definition) is 3. The van der Waals surface area contributed by atoms with Crippen LogP contribution < -0.4 is 10.2 Å². The molecule has 0 amide bonds. The van der Waals surface area contributed by atoms with Crippen LogP contribution >= 0.6 is 0 Å². The monoisotopic (exact) mass is 323 g/mol. The van der Waals surface area contributed by atoms with Gasteiger partial charge in [0.15, 0.2) is 0 Å². The van der Waals surface area contributed by atoms with Gasteiger partial charge in [0, 0.05) is 39.8 Å². The minimum Gasteiger partial charge on any atom is -0.386 e. The lowest BCUT2D eigenvalue weighted by Crippen LogP contribution is -2.43. The summed E-state index contributed by atoms with van der Waals surface area (Å²) < 4.78 is 0. The number of likely N-dealkylation sites (tertiary alicyclic amines) is 1. The van der Waals surface area contributed by atoms with E-state index in [0.29, 0.717) is 6.04 Å². The van der Waals surface area contributed by atoms with Crippen molar-refractivity contribution in [3.63, 3.8) is 0 Å². The fourth-order valence-corrected chi connectivity index (χ4v) is 3.72. The minimum absolute atomic E-state index is 0.619. The van der Waals surface area contributed by atoms with E-state index in [1.807, 2.05) is 7.05 Å². The summed E-state index contributed by atoms with van der Waals surface area (Å²) in [6, 6.07) is 18.1. The lowest BCUT2D eigenvalue weighted by molar-refractivity contribution is 0.203. The maximum Gasteiger partial charge on any atom is 0.0601 e. The van der Waals surface area contributed by atoms with Crippen LogP contribution in [0.5, 0.6) is 0 Å². The third kappa shape index (κ3) is 3.90. The summed E-state index contributed by atoms with van der Waals surface area (Å²) in [4.78, 5) is 5.04. The maximum absolute atomic E-state index is 3.31. The largest absolute Gasteiger partial charge is 0.386 e. The topological polar surface area (TPSA) is 18.5 Å². The van der Waals surface area contributed by atoms with Gasteiger partial charge in [0.2, 0.25) is 0 Å². The molecule has 1 N–H and O–H groups in total. The molecular formula is C21H29N3. The van der Waals surface area contributed by atoms with Crippen molar-refractivity contribution in [2.45, 2.75) is 32.4 Å². The number of hydrogen-bond donors (Lipinski definition) is 1. The van der Waals surface area contributed by atoms with Gasteiger partial charge in [0.1, 0.15) is 0 Å². The van der Waals surface area contributed by atoms with E-state index >= 15 is 0 Å². The first kappa shape index (κ1) is 16.8. The fourth-order valence-electron chi connectivity index (χ4n) is 3.72. The Hall–Kier alpha value is -2.00. The summed E-state index contributed by atoms with van der Waals surface area (Å²) in [7, 11) is 4.23. The zero-order chi connectivity index (χ0) is 16.9. The van der Waals surface area contributed by atoms with Gasteiger partial charge in [-0.1, -0.05) is 42.0 Å². The smallest absolute Gasteiger partial charge is 0.0601 e. The van der Waals surface area contributed by atoms with Crippen LogP contribution in [0.25, 0.3) is 0 Å². The number of anilines is 2. The van der Waals surface area contributed by atoms with Crippen LogP contribution in [0.3, 0.4) is 0 Å². The molecule has 2 aromatic rings. The van der Waals surface area contributed by atoms with Crippen molar-refractivity contribution in [1.29, 1.82) is 0 Å². The molecule has 3 nitrogen and oxygen atoms in total. The lowest BCUT2D eigenvalue weighted by Gasteiger charge is -2.38. The number of aryl methyl sites for hydroxylation is 1. The standard InChI is InChI=1S/C21H29N3/c1-17-7-6-8-18(15-17)16-24-13-11-19(12-14-24)23(3)21-10-5-4-9-20(21)22-2/h4-10,15,19,22H,11-14,16H2,1-3H3. The van der Waals surface area contributed by atoms with Crippen molar-refractivity contribution in [3.05, 3.63) is 59.7 Å². The van der Waals surface area contributed by atoms with Crippen molar-refractivity contribution in [3.8, 4) is 0 Å². The van der Waals surface area contributed by atoms with Crippen molar-refractivity contribution in [2.75, 3.05) is 37.4 Å². The van der Waals surface area contributed by atoms with Crippen LogP contribution in [0.4, 0.5) is 11.4 Å². The van der Waals surface area contributed by atoms with E-state index < -0.39 is 0 Å². The molecule has 0 spiro atoms. The van der Waals surface area contributed by atoms with Crippen LogP contribution in [0.1, 0.15) is 24.0 Å². The molecule has 0 aromatic heterocycles. The highest BCUT2D eigenvalue weighted by Crippen LogP contribution is 2.29. The highest BCUT2D eigenvalue weighted by molar-refractivity contribution is 5.69. The molecule has 2 aromatic carbocycles. The molecule has 0 unspecified atom stereocenters. The van der Waals surface area contributed by atoms with Crippen molar-refractivity contribution in [2.24, 2.45) is 0 Å². The zero-order valence-corrected chi connectivity index (χ0v) is 15.1. The van der Waals surface area contributed by atoms with E-state index in [4.69, 9.17) is 0 Å². The first-order chi connectivity index (χ1) is 11.7. The maximum atomic E-state index is 3.31. The van der Waals surface area contributed by atoms with Gasteiger partial charge in [-0.2, -0.15) is 0 Å². The van der Waals surface area contributed by atoms with Gasteiger partial charge >= 0.3 is 0 Å². The first-order valence-corrected chi connectivity index (χ1v) is 8.95. The fraction of sp³-hybridized carbons (Fsp3) is 0.429. The molecule has 128 valence electrons. The molecule has 0 atom stereocenters. The average Bonchev–Trinajstić information content (AvgIpc) is 2.62. The summed E-state index contributed by atoms with van der Waals surface area (Å²) >= 11 is 0. The van der Waals surface area contributed by atoms with Crippen LogP contribution in [0.2, 0.25) is 0 Å². The number of benzene rings is 2. The number of nitrogens with one attached hydrogen (secondary N) is 1. The van der Waals surface area contributed by atoms with Crippen molar-refractivity contribution >= 4 is 11.4 Å². The molecule has 0 saturated carbocycles. The van der Waals surface area contributed by atoms with Crippen LogP contribution in [0.15, 0.2) is 48.5 Å². The van der Waals surface area contributed by atoms with E-state index in [1.165, 1.54) is 48.4 Å². The molecule has 1 heterocycles. The van der Waals surface area contributed by atoms with E-state index in [-0.39, 0.29) is 0 Å². The molecule has 1 aliphatic rings. The average molecular weight is 323 g/mol. The molecule has 0 aliphatic carbocycles. The van der Waals surface area contributed by atoms with Crippen molar-refractivity contribution < 1.29 is 0 Å². The van der Waals surface area contributed by atoms with Gasteiger partial charge in [-0.05, 0) is 37.5 Å². The number of nitrogens with zero attached hydrogens (tertiary/aromatic N) is 2. The van der Waals surface area contributed by atoms with E-state index in [0.717, 1.165) is 6.54 Å². The minimum atomic E-state index is 0.619. The van der Waals surface area contributed by atoms with Crippen LogP contribution in [-0.2, 0) is 6.54 Å². The molecular weight excluding hydrogens is 294 g/mol. The van der Waals surface area contributed by atoms with Crippen molar-refractivity contribution in [1.82, 2.24) is 4.90 Å². The quantitative estimate of drug-likeness (QED) is 0.892. The number of piperidine rings is 1. The molecule has 1 saturated heterocycles. The number of rotatable bonds is 5. The van der Waals surface area contributed by atoms with Gasteiger partial charge in [0.25, 0.3) is 0 Å². The Morgan fingerprint density at radius 2 is 1.83 bits per heavy atom. The lowest BCUT2D eigenvalue weighted by atomic mass is 10.0. The second-order valence-electron chi connectivity index (χ2n) is 6.87. The molecule has 1 fully saturated rings. The summed E-state index contributed by atoms with van der Waals surface area (Å²) in [5, 5.41) is 3.31. The molecule has 3 heteroatoms. The Bertz CT molecular complexity index is 660. The predicted octanol–water partition coefficient (Wildman–Crippen LogP) is 4.14. The van der Waals surface area contributed by atoms with Gasteiger partial charge in [-0.15, -0.1) is 0 Å². The van der Waals surface area contributed by atoms with E-state index in [2.05, 4.69) is 77.6 Å². The summed E-state index contributed by atoms with van der Waals surface area (Å²) in [6.07, 6.45) is 2.45. The van der Waals surface area contributed by atoms with Gasteiger partial charge in [0.05, 0.1) is 11.4 Å². The molecule has 1 aliphatic heterocycles. The molecule has 24 heavy (non-hydrogen) atoms. The Balaban J connectivity index is 1.58. The third-order valence-corrected chi connectivity index (χ3v) is 5.15. The predicted molar refractivity (Wildman–Crippen MR) is 104 cm³/mol. The summed E-state index contributed by atoms with van der Waals surface area (Å²) in [5.74, 6) is 0. The normalized spacial score (nSPS) is 16.1. The molecule has 0 bridgehead atoms. The third-order valence-electron chi connectivity index (χ3n) is 5.15. The Morgan fingerprint density at radius 3 is 2.54 bits per heavy atom. The molecule has 0 radical (unpaired) electrons. The first-order valence-electron chi connectivity index (χ1n) is 8.95. The molecule has 3 rings (SSSR count). The second kappa shape index (κ2) is 7.71. The summed E-state index contributed by atoms with van der Waals surface area (Å²) in [5.41, 5.74) is 5.30. The van der Waals surface area contributed by atoms with Gasteiger partial charge < -0.3 is 10.2 Å². The van der Waals surface area contributed by atoms with E-state index in [1.54, 1.807) is 0 Å². The van der Waals surface area contributed by atoms with Crippen LogP contribution in [-0.4, -0.2) is 38.1 Å². The Morgan fingerprint density at radius 1 is 1.08 bits per heavy atom. The van der Waals surface area contributed by atoms with Gasteiger partial charge in [-0.3, -0.25) is 4.90 Å². The second-order valence-corrected chi connectivity index (χ2v) is 6.87. The Labute approximate surface area is 146 Å².